The number of carbonyl (C=O) groups excluding carboxylic acids is 1. The van der Waals surface area contributed by atoms with E-state index in [2.05, 4.69) is 19.1 Å². The minimum absolute atomic E-state index is 0.00296. The average Bonchev–Trinajstić information content (AvgIpc) is 2.98. The largest absolute Gasteiger partial charge is 0.481 e. The summed E-state index contributed by atoms with van der Waals surface area (Å²) in [6.45, 7) is 2.87. The number of unbranched alkanes of at least 4 members (excludes halogenated alkanes) is 27. The lowest BCUT2D eigenvalue weighted by molar-refractivity contribution is -0.144. The zero-order valence-corrected chi connectivity index (χ0v) is 28.2. The van der Waals surface area contributed by atoms with E-state index in [0.29, 0.717) is 19.4 Å². The Morgan fingerprint density at radius 1 is 0.452 bits per heavy atom. The van der Waals surface area contributed by atoms with E-state index in [1.54, 1.807) is 0 Å². The first-order valence-electron chi connectivity index (χ1n) is 18.7. The van der Waals surface area contributed by atoms with Crippen molar-refractivity contribution in [3.05, 3.63) is 12.2 Å². The minimum Gasteiger partial charge on any atom is -0.481 e. The zero-order chi connectivity index (χ0) is 30.6. The molecule has 0 aromatic heterocycles. The fourth-order valence-electron chi connectivity index (χ4n) is 5.63. The highest BCUT2D eigenvalue weighted by atomic mass is 16.5. The molecule has 0 radical (unpaired) electrons. The summed E-state index contributed by atoms with van der Waals surface area (Å²) in [6.07, 6.45) is 43.6. The second kappa shape index (κ2) is 35.9. The van der Waals surface area contributed by atoms with E-state index < -0.39 is 5.97 Å². The Morgan fingerprint density at radius 3 is 1.19 bits per heavy atom. The van der Waals surface area contributed by atoms with Gasteiger partial charge in [0.1, 0.15) is 0 Å². The van der Waals surface area contributed by atoms with Crippen LogP contribution < -0.4 is 0 Å². The molecule has 0 spiro atoms. The molecule has 1 N–H and O–H groups in total. The predicted octanol–water partition coefficient (Wildman–Crippen LogP) is 12.7. The topological polar surface area (TPSA) is 63.6 Å². The van der Waals surface area contributed by atoms with E-state index in [9.17, 15) is 9.59 Å². The van der Waals surface area contributed by atoms with Crippen molar-refractivity contribution in [2.45, 2.75) is 212 Å². The van der Waals surface area contributed by atoms with Gasteiger partial charge in [0.25, 0.3) is 0 Å². The van der Waals surface area contributed by atoms with Gasteiger partial charge >= 0.3 is 11.9 Å². The highest BCUT2D eigenvalue weighted by Crippen LogP contribution is 2.15. The van der Waals surface area contributed by atoms with Crippen molar-refractivity contribution in [1.82, 2.24) is 0 Å². The molecule has 0 fully saturated rings. The maximum Gasteiger partial charge on any atom is 0.305 e. The van der Waals surface area contributed by atoms with Crippen molar-refractivity contribution in [3.63, 3.8) is 0 Å². The van der Waals surface area contributed by atoms with Crippen molar-refractivity contribution >= 4 is 11.9 Å². The van der Waals surface area contributed by atoms with Gasteiger partial charge in [0.05, 0.1) is 6.61 Å². The summed E-state index contributed by atoms with van der Waals surface area (Å²) in [7, 11) is 0. The summed E-state index contributed by atoms with van der Waals surface area (Å²) < 4.78 is 5.43. The number of hydrogen-bond donors (Lipinski definition) is 1. The standard InChI is InChI=1S/C38H72O4/c1-2-3-4-5-6-7-8-9-10-11-14-17-20-23-26-29-32-35-38(41)42-36-33-30-27-24-21-18-15-12-13-16-19-22-25-28-31-34-37(39)40/h7-8H,2-6,9-36H2,1H3,(H,39,40). The van der Waals surface area contributed by atoms with Crippen LogP contribution in [-0.4, -0.2) is 23.7 Å². The number of allylic oxidation sites excluding steroid dienone is 2. The van der Waals surface area contributed by atoms with E-state index in [4.69, 9.17) is 9.84 Å². The molecule has 4 heteroatoms. The number of carboxylic acid groups (broad SMARTS) is 1. The second-order valence-electron chi connectivity index (χ2n) is 12.7. The van der Waals surface area contributed by atoms with Crippen molar-refractivity contribution in [1.29, 1.82) is 0 Å². The Balaban J connectivity index is 3.18. The molecule has 0 saturated carbocycles. The first kappa shape index (κ1) is 40.7. The molecule has 0 amide bonds. The van der Waals surface area contributed by atoms with Crippen LogP contribution in [0.3, 0.4) is 0 Å². The number of ether oxygens (including phenoxy) is 1. The lowest BCUT2D eigenvalue weighted by Gasteiger charge is -2.06. The van der Waals surface area contributed by atoms with Gasteiger partial charge in [0.15, 0.2) is 0 Å². The Hall–Kier alpha value is -1.32. The monoisotopic (exact) mass is 593 g/mol. The van der Waals surface area contributed by atoms with Gasteiger partial charge < -0.3 is 9.84 Å². The Kier molecular flexibility index (Phi) is 34.7. The zero-order valence-electron chi connectivity index (χ0n) is 28.2. The summed E-state index contributed by atoms with van der Waals surface area (Å²) in [6, 6.07) is 0. The number of carbonyl (C=O) groups is 2. The van der Waals surface area contributed by atoms with Crippen LogP contribution in [0.25, 0.3) is 0 Å². The van der Waals surface area contributed by atoms with Gasteiger partial charge in [-0.25, -0.2) is 0 Å². The van der Waals surface area contributed by atoms with Crippen LogP contribution in [0.5, 0.6) is 0 Å². The molecule has 0 aliphatic rings. The molecule has 0 atom stereocenters. The van der Waals surface area contributed by atoms with Crippen molar-refractivity contribution in [2.24, 2.45) is 0 Å². The first-order valence-corrected chi connectivity index (χ1v) is 18.7. The smallest absolute Gasteiger partial charge is 0.305 e. The van der Waals surface area contributed by atoms with Crippen LogP contribution in [0.1, 0.15) is 212 Å². The van der Waals surface area contributed by atoms with Gasteiger partial charge in [-0.1, -0.05) is 167 Å². The third-order valence-electron chi connectivity index (χ3n) is 8.44. The molecular weight excluding hydrogens is 520 g/mol. The first-order chi connectivity index (χ1) is 20.7. The van der Waals surface area contributed by atoms with Crippen molar-refractivity contribution in [3.8, 4) is 0 Å². The summed E-state index contributed by atoms with van der Waals surface area (Å²) in [5.41, 5.74) is 0. The van der Waals surface area contributed by atoms with Crippen molar-refractivity contribution < 1.29 is 19.4 Å². The number of rotatable bonds is 35. The van der Waals surface area contributed by atoms with Gasteiger partial charge in [-0.3, -0.25) is 9.59 Å². The van der Waals surface area contributed by atoms with Gasteiger partial charge in [-0.15, -0.1) is 0 Å². The highest BCUT2D eigenvalue weighted by molar-refractivity contribution is 5.69. The summed E-state index contributed by atoms with van der Waals surface area (Å²) in [5, 5.41) is 8.63. The van der Waals surface area contributed by atoms with Crippen LogP contribution in [-0.2, 0) is 14.3 Å². The van der Waals surface area contributed by atoms with Gasteiger partial charge in [0.2, 0.25) is 0 Å². The molecular formula is C38H72O4. The fourth-order valence-corrected chi connectivity index (χ4v) is 5.63. The van der Waals surface area contributed by atoms with Crippen LogP contribution in [0.2, 0.25) is 0 Å². The molecule has 0 rings (SSSR count). The van der Waals surface area contributed by atoms with Gasteiger partial charge in [0, 0.05) is 12.8 Å². The lowest BCUT2D eigenvalue weighted by atomic mass is 10.0. The fraction of sp³-hybridized carbons (Fsp3) is 0.895. The Morgan fingerprint density at radius 2 is 0.786 bits per heavy atom. The SMILES string of the molecule is CCCCCCC=CCCCCCCCCCCCC(=O)OCCCCCCCCCCCCCCCCCC(=O)O. The third-order valence-corrected chi connectivity index (χ3v) is 8.44. The highest BCUT2D eigenvalue weighted by Gasteiger charge is 2.03. The van der Waals surface area contributed by atoms with E-state index >= 15 is 0 Å². The normalized spacial score (nSPS) is 11.5. The molecule has 0 aromatic rings. The van der Waals surface area contributed by atoms with E-state index in [1.807, 2.05) is 0 Å². The number of carboxylic acids is 1. The molecule has 0 aromatic carbocycles. The summed E-state index contributed by atoms with van der Waals surface area (Å²) in [5.74, 6) is -0.663. The molecule has 4 nitrogen and oxygen atoms in total. The number of hydrogen-bond acceptors (Lipinski definition) is 3. The molecule has 0 bridgehead atoms. The summed E-state index contributed by atoms with van der Waals surface area (Å²) >= 11 is 0. The molecule has 0 aliphatic carbocycles. The molecule has 0 heterocycles. The van der Waals surface area contributed by atoms with Crippen LogP contribution >= 0.6 is 0 Å². The van der Waals surface area contributed by atoms with Crippen molar-refractivity contribution in [2.75, 3.05) is 6.61 Å². The lowest BCUT2D eigenvalue weighted by Crippen LogP contribution is -2.05. The van der Waals surface area contributed by atoms with Gasteiger partial charge in [-0.05, 0) is 44.9 Å². The molecule has 248 valence electrons. The quantitative estimate of drug-likeness (QED) is 0.0451. The minimum atomic E-state index is -0.666. The maximum absolute atomic E-state index is 11.9. The van der Waals surface area contributed by atoms with Gasteiger partial charge in [-0.2, -0.15) is 0 Å². The second-order valence-corrected chi connectivity index (χ2v) is 12.7. The van der Waals surface area contributed by atoms with Crippen LogP contribution in [0, 0.1) is 0 Å². The number of aliphatic carboxylic acids is 1. The van der Waals surface area contributed by atoms with E-state index in [0.717, 1.165) is 32.1 Å². The van der Waals surface area contributed by atoms with Crippen LogP contribution in [0.15, 0.2) is 12.2 Å². The third kappa shape index (κ3) is 36.7. The average molecular weight is 593 g/mol. The van der Waals surface area contributed by atoms with Crippen LogP contribution in [0.4, 0.5) is 0 Å². The number of esters is 1. The van der Waals surface area contributed by atoms with E-state index in [-0.39, 0.29) is 5.97 Å². The molecule has 0 saturated heterocycles. The van der Waals surface area contributed by atoms with E-state index in [1.165, 1.54) is 161 Å². The molecule has 0 unspecified atom stereocenters. The molecule has 0 aliphatic heterocycles. The summed E-state index contributed by atoms with van der Waals surface area (Å²) in [4.78, 5) is 22.4. The maximum atomic E-state index is 11.9. The Bertz CT molecular complexity index is 586. The Labute approximate surface area is 262 Å². The predicted molar refractivity (Wildman–Crippen MR) is 181 cm³/mol. The molecule has 42 heavy (non-hydrogen) atoms.